The number of aromatic nitrogens is 1. The van der Waals surface area contributed by atoms with E-state index in [4.69, 9.17) is 0 Å². The highest BCUT2D eigenvalue weighted by Crippen LogP contribution is 2.33. The molecule has 174 valence electrons. The van der Waals surface area contributed by atoms with Crippen molar-refractivity contribution in [2.45, 2.75) is 44.3 Å². The number of guanidine groups is 1. The fraction of sp³-hybridized carbons (Fsp3) is 0.650. The van der Waals surface area contributed by atoms with Gasteiger partial charge >= 0.3 is 6.18 Å². The Morgan fingerprint density at radius 2 is 2.00 bits per heavy atom. The summed E-state index contributed by atoms with van der Waals surface area (Å²) < 4.78 is 39.0. The number of carbonyl (C=O) groups is 1. The summed E-state index contributed by atoms with van der Waals surface area (Å²) >= 11 is 0. The third-order valence-electron chi connectivity index (χ3n) is 5.59. The molecule has 1 saturated heterocycles. The quantitative estimate of drug-likeness (QED) is 0.218. The molecule has 2 aliphatic rings. The number of pyridine rings is 1. The van der Waals surface area contributed by atoms with Crippen LogP contribution in [0.4, 0.5) is 19.0 Å². The fourth-order valence-corrected chi connectivity index (χ4v) is 4.03. The van der Waals surface area contributed by atoms with Crippen molar-refractivity contribution in [2.75, 3.05) is 38.5 Å². The third-order valence-corrected chi connectivity index (χ3v) is 5.59. The Hall–Kier alpha value is -1.79. The molecule has 0 bridgehead atoms. The normalized spacial score (nSPS) is 19.8. The second kappa shape index (κ2) is 11.7. The van der Waals surface area contributed by atoms with Crippen molar-refractivity contribution in [3.8, 4) is 0 Å². The summed E-state index contributed by atoms with van der Waals surface area (Å²) in [6, 6.07) is 2.38. The van der Waals surface area contributed by atoms with E-state index in [0.717, 1.165) is 44.7 Å². The number of amides is 1. The molecule has 2 heterocycles. The third kappa shape index (κ3) is 7.11. The Balaban J connectivity index is 0.00000341. The van der Waals surface area contributed by atoms with Gasteiger partial charge in [0.1, 0.15) is 5.82 Å². The highest BCUT2D eigenvalue weighted by molar-refractivity contribution is 14.0. The molecule has 2 fully saturated rings. The molecule has 1 amide bonds. The van der Waals surface area contributed by atoms with Crippen molar-refractivity contribution in [3.63, 3.8) is 0 Å². The largest absolute Gasteiger partial charge is 0.419 e. The Morgan fingerprint density at radius 3 is 2.68 bits per heavy atom. The van der Waals surface area contributed by atoms with E-state index >= 15 is 0 Å². The lowest BCUT2D eigenvalue weighted by molar-refractivity contribution is -0.137. The van der Waals surface area contributed by atoms with Crippen LogP contribution in [0.2, 0.25) is 0 Å². The van der Waals surface area contributed by atoms with Gasteiger partial charge in [0, 0.05) is 51.4 Å². The van der Waals surface area contributed by atoms with E-state index in [1.165, 1.54) is 12.3 Å². The van der Waals surface area contributed by atoms with Crippen molar-refractivity contribution >= 4 is 41.7 Å². The second-order valence-corrected chi connectivity index (χ2v) is 7.72. The Morgan fingerprint density at radius 1 is 1.26 bits per heavy atom. The predicted molar refractivity (Wildman–Crippen MR) is 125 cm³/mol. The fourth-order valence-electron chi connectivity index (χ4n) is 4.03. The van der Waals surface area contributed by atoms with E-state index in [1.807, 2.05) is 4.90 Å². The maximum Gasteiger partial charge on any atom is 0.419 e. The first-order valence-electron chi connectivity index (χ1n) is 10.4. The summed E-state index contributed by atoms with van der Waals surface area (Å²) in [7, 11) is 1.64. The SMILES string of the molecule is CN=C(NCCNc1ncccc1C(F)(F)F)NC1CCN(C(=O)C2CCCC2)C1.I. The minimum atomic E-state index is -4.45. The van der Waals surface area contributed by atoms with Crippen LogP contribution in [0.5, 0.6) is 0 Å². The highest BCUT2D eigenvalue weighted by Gasteiger charge is 2.34. The van der Waals surface area contributed by atoms with Crippen LogP contribution >= 0.6 is 24.0 Å². The molecular formula is C20H30F3IN6O. The van der Waals surface area contributed by atoms with Crippen molar-refractivity contribution in [1.82, 2.24) is 20.5 Å². The molecule has 0 radical (unpaired) electrons. The van der Waals surface area contributed by atoms with Crippen LogP contribution in [0.25, 0.3) is 0 Å². The first-order chi connectivity index (χ1) is 14.4. The molecule has 1 aromatic heterocycles. The molecule has 7 nitrogen and oxygen atoms in total. The molecule has 1 unspecified atom stereocenters. The van der Waals surface area contributed by atoms with Gasteiger partial charge < -0.3 is 20.9 Å². The molecule has 1 atom stereocenters. The number of nitrogens with zero attached hydrogens (tertiary/aromatic N) is 3. The Kier molecular flexibility index (Phi) is 9.63. The molecule has 11 heteroatoms. The lowest BCUT2D eigenvalue weighted by atomic mass is 10.1. The van der Waals surface area contributed by atoms with Crippen LogP contribution in [0.1, 0.15) is 37.7 Å². The van der Waals surface area contributed by atoms with Gasteiger partial charge in [-0.1, -0.05) is 12.8 Å². The van der Waals surface area contributed by atoms with Gasteiger partial charge in [0.25, 0.3) is 0 Å². The van der Waals surface area contributed by atoms with Crippen LogP contribution in [-0.4, -0.2) is 61.0 Å². The van der Waals surface area contributed by atoms with E-state index in [9.17, 15) is 18.0 Å². The molecule has 1 aliphatic heterocycles. The van der Waals surface area contributed by atoms with Crippen molar-refractivity contribution in [1.29, 1.82) is 0 Å². The molecule has 3 N–H and O–H groups in total. The molecule has 1 saturated carbocycles. The van der Waals surface area contributed by atoms with E-state index in [-0.39, 0.29) is 54.2 Å². The maximum atomic E-state index is 13.0. The monoisotopic (exact) mass is 554 g/mol. The minimum Gasteiger partial charge on any atom is -0.368 e. The van der Waals surface area contributed by atoms with Gasteiger partial charge in [0.2, 0.25) is 5.91 Å². The summed E-state index contributed by atoms with van der Waals surface area (Å²) in [5.74, 6) is 0.820. The average Bonchev–Trinajstić information content (AvgIpc) is 3.41. The van der Waals surface area contributed by atoms with Gasteiger partial charge in [-0.05, 0) is 31.4 Å². The lowest BCUT2D eigenvalue weighted by Crippen LogP contribution is -2.46. The number of likely N-dealkylation sites (tertiary alicyclic amines) is 1. The highest BCUT2D eigenvalue weighted by atomic mass is 127. The summed E-state index contributed by atoms with van der Waals surface area (Å²) in [6.07, 6.45) is 1.99. The molecule has 31 heavy (non-hydrogen) atoms. The molecular weight excluding hydrogens is 524 g/mol. The summed E-state index contributed by atoms with van der Waals surface area (Å²) in [5, 5.41) is 9.10. The second-order valence-electron chi connectivity index (χ2n) is 7.72. The first-order valence-corrected chi connectivity index (χ1v) is 10.4. The van der Waals surface area contributed by atoms with Crippen LogP contribution in [0.15, 0.2) is 23.3 Å². The number of rotatable bonds is 6. The minimum absolute atomic E-state index is 0. The van der Waals surface area contributed by atoms with Gasteiger partial charge in [-0.25, -0.2) is 4.98 Å². The predicted octanol–water partition coefficient (Wildman–Crippen LogP) is 3.09. The number of hydrogen-bond acceptors (Lipinski definition) is 4. The van der Waals surface area contributed by atoms with Gasteiger partial charge in [-0.3, -0.25) is 9.79 Å². The number of alkyl halides is 3. The van der Waals surface area contributed by atoms with Crippen molar-refractivity contribution in [2.24, 2.45) is 10.9 Å². The van der Waals surface area contributed by atoms with E-state index in [0.29, 0.717) is 19.0 Å². The zero-order valence-electron chi connectivity index (χ0n) is 17.5. The van der Waals surface area contributed by atoms with Crippen LogP contribution in [0, 0.1) is 5.92 Å². The molecule has 1 aromatic rings. The van der Waals surface area contributed by atoms with Crippen LogP contribution in [0.3, 0.4) is 0 Å². The number of hydrogen-bond donors (Lipinski definition) is 3. The number of carbonyl (C=O) groups excluding carboxylic acids is 1. The maximum absolute atomic E-state index is 13.0. The number of anilines is 1. The van der Waals surface area contributed by atoms with E-state index in [2.05, 4.69) is 25.9 Å². The molecule has 1 aliphatic carbocycles. The number of halogens is 4. The zero-order chi connectivity index (χ0) is 21.6. The van der Waals surface area contributed by atoms with E-state index < -0.39 is 11.7 Å². The van der Waals surface area contributed by atoms with Crippen LogP contribution < -0.4 is 16.0 Å². The Bertz CT molecular complexity index is 755. The zero-order valence-corrected chi connectivity index (χ0v) is 19.9. The summed E-state index contributed by atoms with van der Waals surface area (Å²) in [5.41, 5.74) is -0.787. The van der Waals surface area contributed by atoms with Crippen molar-refractivity contribution < 1.29 is 18.0 Å². The van der Waals surface area contributed by atoms with Crippen LogP contribution in [-0.2, 0) is 11.0 Å². The number of aliphatic imine (C=N–C) groups is 1. The Labute approximate surface area is 197 Å². The van der Waals surface area contributed by atoms with Gasteiger partial charge in [-0.2, -0.15) is 13.2 Å². The van der Waals surface area contributed by atoms with Gasteiger partial charge in [-0.15, -0.1) is 24.0 Å². The van der Waals surface area contributed by atoms with E-state index in [1.54, 1.807) is 7.05 Å². The molecule has 3 rings (SSSR count). The standard InChI is InChI=1S/C20H29F3N6O.HI/c1-24-19(27-11-10-26-17-16(20(21,22)23)7-4-9-25-17)28-15-8-12-29(13-15)18(30)14-5-2-3-6-14;/h4,7,9,14-15H,2-3,5-6,8,10-13H2,1H3,(H,25,26)(H2,24,27,28);1H. The van der Waals surface area contributed by atoms with Gasteiger partial charge in [0.05, 0.1) is 5.56 Å². The number of nitrogens with one attached hydrogen (secondary N) is 3. The lowest BCUT2D eigenvalue weighted by Gasteiger charge is -2.21. The smallest absolute Gasteiger partial charge is 0.368 e. The topological polar surface area (TPSA) is 81.7 Å². The van der Waals surface area contributed by atoms with Gasteiger partial charge in [0.15, 0.2) is 5.96 Å². The van der Waals surface area contributed by atoms with Crippen molar-refractivity contribution in [3.05, 3.63) is 23.9 Å². The molecule has 0 aromatic carbocycles. The molecule has 0 spiro atoms. The summed E-state index contributed by atoms with van der Waals surface area (Å²) in [6.45, 7) is 2.01. The average molecular weight is 554 g/mol. The summed E-state index contributed by atoms with van der Waals surface area (Å²) in [4.78, 5) is 22.4. The first kappa shape index (κ1) is 25.5.